The number of ketones is 1. The highest BCUT2D eigenvalue weighted by molar-refractivity contribution is 5.96. The van der Waals surface area contributed by atoms with Gasteiger partial charge in [0.25, 0.3) is 0 Å². The molecule has 0 spiro atoms. The maximum Gasteiger partial charge on any atom is 0.161 e. The Morgan fingerprint density at radius 2 is 2.00 bits per heavy atom. The summed E-state index contributed by atoms with van der Waals surface area (Å²) in [6, 6.07) is 0. The zero-order chi connectivity index (χ0) is 11.8. The molecule has 1 N–H and O–H groups in total. The fourth-order valence-corrected chi connectivity index (χ4v) is 3.76. The van der Waals surface area contributed by atoms with E-state index in [1.54, 1.807) is 0 Å². The summed E-state index contributed by atoms with van der Waals surface area (Å²) in [6.07, 6.45) is 11.4. The van der Waals surface area contributed by atoms with E-state index in [9.17, 15) is 4.79 Å². The highest BCUT2D eigenvalue weighted by Crippen LogP contribution is 2.53. The van der Waals surface area contributed by atoms with Crippen LogP contribution in [0.1, 0.15) is 32.6 Å². The molecule has 4 unspecified atom stereocenters. The molecule has 1 fully saturated rings. The summed E-state index contributed by atoms with van der Waals surface area (Å²) in [4.78, 5) is 12.0. The van der Waals surface area contributed by atoms with Gasteiger partial charge in [-0.25, -0.2) is 0 Å². The molecule has 0 radical (unpaired) electrons. The second-order valence-electron chi connectivity index (χ2n) is 5.64. The Labute approximate surface area is 103 Å². The minimum absolute atomic E-state index is 0.277. The molecule has 4 atom stereocenters. The van der Waals surface area contributed by atoms with Crippen LogP contribution in [0.5, 0.6) is 0 Å². The molecule has 0 aliphatic heterocycles. The predicted octanol–water partition coefficient (Wildman–Crippen LogP) is 2.67. The predicted molar refractivity (Wildman–Crippen MR) is 68.3 cm³/mol. The van der Waals surface area contributed by atoms with Crippen LogP contribution in [0.2, 0.25) is 0 Å². The fourth-order valence-electron chi connectivity index (χ4n) is 3.76. The van der Waals surface area contributed by atoms with Gasteiger partial charge in [0.15, 0.2) is 5.78 Å². The van der Waals surface area contributed by atoms with Gasteiger partial charge in [0.2, 0.25) is 0 Å². The lowest BCUT2D eigenvalue weighted by Crippen LogP contribution is -2.26. The van der Waals surface area contributed by atoms with Crippen LogP contribution < -0.4 is 5.32 Å². The maximum absolute atomic E-state index is 12.0. The second-order valence-corrected chi connectivity index (χ2v) is 5.64. The van der Waals surface area contributed by atoms with Gasteiger partial charge in [-0.3, -0.25) is 4.79 Å². The summed E-state index contributed by atoms with van der Waals surface area (Å²) in [5.41, 5.74) is 1.23. The van der Waals surface area contributed by atoms with Crippen LogP contribution in [-0.4, -0.2) is 12.3 Å². The first-order valence-corrected chi connectivity index (χ1v) is 6.99. The van der Waals surface area contributed by atoms with Crippen LogP contribution in [0.4, 0.5) is 0 Å². The highest BCUT2D eigenvalue weighted by Gasteiger charge is 2.51. The Bertz CT molecular complexity index is 382. The van der Waals surface area contributed by atoms with Gasteiger partial charge in [-0.15, -0.1) is 0 Å². The molecule has 2 bridgehead atoms. The lowest BCUT2D eigenvalue weighted by Gasteiger charge is -2.23. The van der Waals surface area contributed by atoms with Crippen molar-refractivity contribution in [3.63, 3.8) is 0 Å². The van der Waals surface area contributed by atoms with Crippen molar-refractivity contribution in [1.82, 2.24) is 5.32 Å². The minimum Gasteiger partial charge on any atom is -0.388 e. The molecule has 3 rings (SSSR count). The highest BCUT2D eigenvalue weighted by atomic mass is 16.1. The smallest absolute Gasteiger partial charge is 0.161 e. The third-order valence-corrected chi connectivity index (χ3v) is 4.55. The van der Waals surface area contributed by atoms with E-state index in [1.165, 1.54) is 31.4 Å². The Hall–Kier alpha value is -1.05. The van der Waals surface area contributed by atoms with Crippen LogP contribution in [-0.2, 0) is 4.79 Å². The van der Waals surface area contributed by atoms with Crippen LogP contribution in [0, 0.1) is 23.7 Å². The summed E-state index contributed by atoms with van der Waals surface area (Å²) in [6.45, 7) is 3.24. The fraction of sp³-hybridized carbons (Fsp3) is 0.667. The molecule has 1 saturated carbocycles. The van der Waals surface area contributed by atoms with Crippen molar-refractivity contribution in [2.45, 2.75) is 32.6 Å². The summed E-state index contributed by atoms with van der Waals surface area (Å²) in [7, 11) is 0. The van der Waals surface area contributed by atoms with Crippen molar-refractivity contribution in [1.29, 1.82) is 0 Å². The molecule has 0 heterocycles. The van der Waals surface area contributed by atoms with Crippen molar-refractivity contribution < 1.29 is 4.79 Å². The van der Waals surface area contributed by atoms with Gasteiger partial charge >= 0.3 is 0 Å². The number of fused-ring (bicyclic) bond motifs is 5. The van der Waals surface area contributed by atoms with Gasteiger partial charge < -0.3 is 5.32 Å². The summed E-state index contributed by atoms with van der Waals surface area (Å²) in [5.74, 6) is 2.28. The molecule has 0 aromatic carbocycles. The number of hydrogen-bond donors (Lipinski definition) is 1. The molecule has 92 valence electrons. The lowest BCUT2D eigenvalue weighted by atomic mass is 9.84. The van der Waals surface area contributed by atoms with Gasteiger partial charge in [0, 0.05) is 30.2 Å². The molecule has 2 heteroatoms. The first-order valence-electron chi connectivity index (χ1n) is 6.99. The SMILES string of the molecule is CCCCCNC1=CC(=O)C2C3C=CC(C3)C12. The monoisotopic (exact) mass is 231 g/mol. The van der Waals surface area contributed by atoms with E-state index in [1.807, 2.05) is 6.08 Å². The first kappa shape index (κ1) is 11.1. The van der Waals surface area contributed by atoms with Crippen LogP contribution in [0.15, 0.2) is 23.9 Å². The third-order valence-electron chi connectivity index (χ3n) is 4.55. The zero-order valence-corrected chi connectivity index (χ0v) is 10.5. The van der Waals surface area contributed by atoms with Gasteiger partial charge in [0.1, 0.15) is 0 Å². The summed E-state index contributed by atoms with van der Waals surface area (Å²) >= 11 is 0. The van der Waals surface area contributed by atoms with E-state index < -0.39 is 0 Å². The van der Waals surface area contributed by atoms with Crippen molar-refractivity contribution >= 4 is 5.78 Å². The van der Waals surface area contributed by atoms with E-state index in [2.05, 4.69) is 24.4 Å². The Kier molecular flexibility index (Phi) is 2.81. The molecule has 0 amide bonds. The zero-order valence-electron chi connectivity index (χ0n) is 10.5. The molecule has 3 aliphatic carbocycles. The summed E-state index contributed by atoms with van der Waals surface area (Å²) < 4.78 is 0. The molecule has 0 aromatic heterocycles. The number of nitrogens with one attached hydrogen (secondary N) is 1. The van der Waals surface area contributed by atoms with Gasteiger partial charge in [0.05, 0.1) is 0 Å². The third kappa shape index (κ3) is 1.74. The van der Waals surface area contributed by atoms with E-state index in [0.29, 0.717) is 23.5 Å². The number of carbonyl (C=O) groups excluding carboxylic acids is 1. The second kappa shape index (κ2) is 4.32. The topological polar surface area (TPSA) is 29.1 Å². The average molecular weight is 231 g/mol. The first-order chi connectivity index (χ1) is 8.31. The Balaban J connectivity index is 1.64. The number of allylic oxidation sites excluding steroid dienone is 4. The van der Waals surface area contributed by atoms with Crippen molar-refractivity contribution in [2.24, 2.45) is 23.7 Å². The van der Waals surface area contributed by atoms with Crippen LogP contribution >= 0.6 is 0 Å². The molecular formula is C15H21NO. The normalized spacial score (nSPS) is 37.5. The largest absolute Gasteiger partial charge is 0.388 e. The van der Waals surface area contributed by atoms with Gasteiger partial charge in [-0.2, -0.15) is 0 Å². The standard InChI is InChI=1S/C15H21NO/c1-2-3-4-7-16-12-9-13(17)15-11-6-5-10(8-11)14(12)15/h5-6,9-11,14-16H,2-4,7-8H2,1H3. The van der Waals surface area contributed by atoms with Crippen molar-refractivity contribution in [3.8, 4) is 0 Å². The average Bonchev–Trinajstić information content (AvgIpc) is 2.98. The molecular weight excluding hydrogens is 210 g/mol. The number of rotatable bonds is 5. The van der Waals surface area contributed by atoms with E-state index in [4.69, 9.17) is 0 Å². The molecule has 0 aromatic rings. The number of hydrogen-bond acceptors (Lipinski definition) is 2. The maximum atomic E-state index is 12.0. The van der Waals surface area contributed by atoms with Gasteiger partial charge in [-0.1, -0.05) is 31.9 Å². The Morgan fingerprint density at radius 1 is 1.24 bits per heavy atom. The number of unbranched alkanes of at least 4 members (excludes halogenated alkanes) is 2. The minimum atomic E-state index is 0.277. The lowest BCUT2D eigenvalue weighted by molar-refractivity contribution is -0.118. The number of carbonyl (C=O) groups is 1. The molecule has 3 aliphatic rings. The van der Waals surface area contributed by atoms with Crippen molar-refractivity contribution in [3.05, 3.63) is 23.9 Å². The Morgan fingerprint density at radius 3 is 2.76 bits per heavy atom. The van der Waals surface area contributed by atoms with Crippen molar-refractivity contribution in [2.75, 3.05) is 6.54 Å². The molecule has 2 nitrogen and oxygen atoms in total. The van der Waals surface area contributed by atoms with Crippen LogP contribution in [0.3, 0.4) is 0 Å². The van der Waals surface area contributed by atoms with E-state index >= 15 is 0 Å². The van der Waals surface area contributed by atoms with Gasteiger partial charge in [-0.05, 0) is 24.7 Å². The summed E-state index contributed by atoms with van der Waals surface area (Å²) in [5, 5.41) is 3.51. The van der Waals surface area contributed by atoms with E-state index in [-0.39, 0.29) is 5.92 Å². The van der Waals surface area contributed by atoms with E-state index in [0.717, 1.165) is 6.54 Å². The quantitative estimate of drug-likeness (QED) is 0.582. The van der Waals surface area contributed by atoms with Crippen LogP contribution in [0.25, 0.3) is 0 Å². The molecule has 0 saturated heterocycles. The molecule has 17 heavy (non-hydrogen) atoms.